The first-order chi connectivity index (χ1) is 9.72. The van der Waals surface area contributed by atoms with Crippen LogP contribution in [0, 0.1) is 13.8 Å². The lowest BCUT2D eigenvalue weighted by atomic mass is 10.1. The van der Waals surface area contributed by atoms with Gasteiger partial charge in [0.25, 0.3) is 0 Å². The molecule has 106 valence electrons. The Bertz CT molecular complexity index is 534. The van der Waals surface area contributed by atoms with Crippen LogP contribution < -0.4 is 5.32 Å². The van der Waals surface area contributed by atoms with Crippen molar-refractivity contribution in [2.45, 2.75) is 20.4 Å². The minimum atomic E-state index is 0.701. The molecule has 5 nitrogen and oxygen atoms in total. The lowest BCUT2D eigenvalue weighted by Crippen LogP contribution is -2.20. The first-order valence-corrected chi connectivity index (χ1v) is 6.66. The molecule has 2 heterocycles. The predicted molar refractivity (Wildman–Crippen MR) is 78.3 cm³/mol. The van der Waals surface area contributed by atoms with Crippen molar-refractivity contribution < 1.29 is 4.74 Å². The van der Waals surface area contributed by atoms with Crippen molar-refractivity contribution in [3.05, 3.63) is 41.5 Å². The molecule has 0 bridgehead atoms. The fourth-order valence-corrected chi connectivity index (χ4v) is 2.01. The second kappa shape index (κ2) is 7.07. The Morgan fingerprint density at radius 1 is 1.20 bits per heavy atom. The van der Waals surface area contributed by atoms with Crippen molar-refractivity contribution in [1.29, 1.82) is 0 Å². The third-order valence-electron chi connectivity index (χ3n) is 3.13. The van der Waals surface area contributed by atoms with Gasteiger partial charge in [-0.3, -0.25) is 4.98 Å². The summed E-state index contributed by atoms with van der Waals surface area (Å²) in [4.78, 5) is 13.3. The summed E-state index contributed by atoms with van der Waals surface area (Å²) in [5.74, 6) is 0.730. The summed E-state index contributed by atoms with van der Waals surface area (Å²) >= 11 is 0. The molecule has 0 aliphatic carbocycles. The number of methoxy groups -OCH3 is 1. The quantitative estimate of drug-likeness (QED) is 0.814. The van der Waals surface area contributed by atoms with E-state index in [1.165, 1.54) is 0 Å². The van der Waals surface area contributed by atoms with Gasteiger partial charge in [0.05, 0.1) is 6.61 Å². The molecular formula is C15H20N4O. The summed E-state index contributed by atoms with van der Waals surface area (Å²) in [7, 11) is 1.70. The van der Waals surface area contributed by atoms with Crippen LogP contribution in [-0.2, 0) is 11.3 Å². The van der Waals surface area contributed by atoms with E-state index in [9.17, 15) is 0 Å². The van der Waals surface area contributed by atoms with Crippen LogP contribution in [0.2, 0.25) is 0 Å². The second-order valence-corrected chi connectivity index (χ2v) is 4.61. The van der Waals surface area contributed by atoms with Gasteiger partial charge in [-0.1, -0.05) is 0 Å². The van der Waals surface area contributed by atoms with Gasteiger partial charge in [0.2, 0.25) is 0 Å². The van der Waals surface area contributed by atoms with E-state index in [2.05, 4.69) is 20.3 Å². The van der Waals surface area contributed by atoms with Crippen molar-refractivity contribution in [3.8, 4) is 11.4 Å². The molecule has 0 saturated carbocycles. The maximum absolute atomic E-state index is 5.02. The van der Waals surface area contributed by atoms with Gasteiger partial charge < -0.3 is 10.1 Å². The van der Waals surface area contributed by atoms with Gasteiger partial charge in [-0.2, -0.15) is 0 Å². The van der Waals surface area contributed by atoms with Crippen LogP contribution in [0.15, 0.2) is 24.5 Å². The third kappa shape index (κ3) is 3.59. The molecule has 0 fully saturated rings. The normalized spacial score (nSPS) is 10.8. The zero-order valence-electron chi connectivity index (χ0n) is 12.2. The molecule has 0 aliphatic rings. The second-order valence-electron chi connectivity index (χ2n) is 4.61. The smallest absolute Gasteiger partial charge is 0.161 e. The molecule has 0 radical (unpaired) electrons. The summed E-state index contributed by atoms with van der Waals surface area (Å²) in [6.45, 7) is 6.31. The monoisotopic (exact) mass is 272 g/mol. The maximum Gasteiger partial charge on any atom is 0.161 e. The molecule has 5 heteroatoms. The van der Waals surface area contributed by atoms with Gasteiger partial charge in [0.1, 0.15) is 0 Å². The Kier molecular flexibility index (Phi) is 5.15. The van der Waals surface area contributed by atoms with E-state index < -0.39 is 0 Å². The van der Waals surface area contributed by atoms with Gasteiger partial charge >= 0.3 is 0 Å². The van der Waals surface area contributed by atoms with Crippen LogP contribution in [0.4, 0.5) is 0 Å². The van der Waals surface area contributed by atoms with Crippen LogP contribution in [-0.4, -0.2) is 35.2 Å². The number of rotatable bonds is 6. The highest BCUT2D eigenvalue weighted by Gasteiger charge is 2.09. The number of hydrogen-bond donors (Lipinski definition) is 1. The zero-order valence-corrected chi connectivity index (χ0v) is 12.2. The minimum absolute atomic E-state index is 0.701. The van der Waals surface area contributed by atoms with Gasteiger partial charge in [-0.05, 0) is 26.0 Å². The largest absolute Gasteiger partial charge is 0.383 e. The molecule has 1 N–H and O–H groups in total. The van der Waals surface area contributed by atoms with Crippen LogP contribution >= 0.6 is 0 Å². The van der Waals surface area contributed by atoms with Crippen LogP contribution in [0.3, 0.4) is 0 Å². The van der Waals surface area contributed by atoms with E-state index in [1.54, 1.807) is 19.5 Å². The van der Waals surface area contributed by atoms with Crippen molar-refractivity contribution in [1.82, 2.24) is 20.3 Å². The Balaban J connectivity index is 2.17. The van der Waals surface area contributed by atoms with E-state index >= 15 is 0 Å². The number of nitrogens with zero attached hydrogens (tertiary/aromatic N) is 3. The summed E-state index contributed by atoms with van der Waals surface area (Å²) in [5.41, 5.74) is 4.09. The molecule has 0 unspecified atom stereocenters. The Hall–Kier alpha value is -1.85. The summed E-state index contributed by atoms with van der Waals surface area (Å²) in [6, 6.07) is 3.86. The SMILES string of the molecule is COCCNCc1c(C)nc(-c2cccnc2)nc1C. The van der Waals surface area contributed by atoms with E-state index in [-0.39, 0.29) is 0 Å². The average molecular weight is 272 g/mol. The maximum atomic E-state index is 5.02. The minimum Gasteiger partial charge on any atom is -0.383 e. The van der Waals surface area contributed by atoms with Gasteiger partial charge in [-0.15, -0.1) is 0 Å². The Morgan fingerprint density at radius 2 is 1.95 bits per heavy atom. The molecule has 0 spiro atoms. The molecule has 2 aromatic heterocycles. The first kappa shape index (κ1) is 14.6. The number of nitrogens with one attached hydrogen (secondary N) is 1. The summed E-state index contributed by atoms with van der Waals surface area (Å²) in [5, 5.41) is 3.33. The predicted octanol–water partition coefficient (Wildman–Crippen LogP) is 1.89. The van der Waals surface area contributed by atoms with Crippen LogP contribution in [0.5, 0.6) is 0 Å². The van der Waals surface area contributed by atoms with Gasteiger partial charge in [-0.25, -0.2) is 9.97 Å². The summed E-state index contributed by atoms with van der Waals surface area (Å²) in [6.07, 6.45) is 3.53. The highest BCUT2D eigenvalue weighted by Crippen LogP contribution is 2.17. The van der Waals surface area contributed by atoms with E-state index in [0.717, 1.165) is 41.4 Å². The van der Waals surface area contributed by atoms with Crippen LogP contribution in [0.1, 0.15) is 17.0 Å². The molecule has 0 amide bonds. The third-order valence-corrected chi connectivity index (χ3v) is 3.13. The summed E-state index contributed by atoms with van der Waals surface area (Å²) < 4.78 is 5.02. The zero-order chi connectivity index (χ0) is 14.4. The molecular weight excluding hydrogens is 252 g/mol. The Morgan fingerprint density at radius 3 is 2.55 bits per heavy atom. The Labute approximate surface area is 119 Å². The van der Waals surface area contributed by atoms with E-state index in [1.807, 2.05) is 26.0 Å². The van der Waals surface area contributed by atoms with Crippen LogP contribution in [0.25, 0.3) is 11.4 Å². The fourth-order valence-electron chi connectivity index (χ4n) is 2.01. The topological polar surface area (TPSA) is 59.9 Å². The van der Waals surface area contributed by atoms with Crippen molar-refractivity contribution >= 4 is 0 Å². The molecule has 0 aromatic carbocycles. The van der Waals surface area contributed by atoms with E-state index in [4.69, 9.17) is 4.74 Å². The highest BCUT2D eigenvalue weighted by molar-refractivity contribution is 5.54. The average Bonchev–Trinajstić information content (AvgIpc) is 2.46. The molecule has 0 atom stereocenters. The standard InChI is InChI=1S/C15H20N4O/c1-11-14(10-17-7-8-20-3)12(2)19-15(18-11)13-5-4-6-16-9-13/h4-6,9,17H,7-8,10H2,1-3H3. The molecule has 2 aromatic rings. The highest BCUT2D eigenvalue weighted by atomic mass is 16.5. The molecule has 2 rings (SSSR count). The molecule has 0 aliphatic heterocycles. The lowest BCUT2D eigenvalue weighted by molar-refractivity contribution is 0.199. The number of hydrogen-bond acceptors (Lipinski definition) is 5. The van der Waals surface area contributed by atoms with Crippen molar-refractivity contribution in [2.75, 3.05) is 20.3 Å². The van der Waals surface area contributed by atoms with E-state index in [0.29, 0.717) is 6.61 Å². The fraction of sp³-hybridized carbons (Fsp3) is 0.400. The number of aromatic nitrogens is 3. The van der Waals surface area contributed by atoms with Gasteiger partial charge in [0, 0.05) is 55.1 Å². The molecule has 20 heavy (non-hydrogen) atoms. The molecule has 0 saturated heterocycles. The first-order valence-electron chi connectivity index (χ1n) is 6.66. The number of aryl methyl sites for hydroxylation is 2. The number of pyridine rings is 1. The van der Waals surface area contributed by atoms with Crippen molar-refractivity contribution in [3.63, 3.8) is 0 Å². The number of ether oxygens (including phenoxy) is 1. The van der Waals surface area contributed by atoms with Gasteiger partial charge in [0.15, 0.2) is 5.82 Å². The lowest BCUT2D eigenvalue weighted by Gasteiger charge is -2.11. The van der Waals surface area contributed by atoms with Crippen molar-refractivity contribution in [2.24, 2.45) is 0 Å².